The van der Waals surface area contributed by atoms with Crippen LogP contribution in [-0.2, 0) is 13.0 Å². The number of benzene rings is 1. The van der Waals surface area contributed by atoms with E-state index in [0.717, 1.165) is 23.7 Å². The van der Waals surface area contributed by atoms with Gasteiger partial charge in [-0.1, -0.05) is 23.7 Å². The van der Waals surface area contributed by atoms with E-state index in [1.165, 1.54) is 10.4 Å². The van der Waals surface area contributed by atoms with Crippen molar-refractivity contribution in [2.24, 2.45) is 0 Å². The molecule has 2 nitrogen and oxygen atoms in total. The summed E-state index contributed by atoms with van der Waals surface area (Å²) in [7, 11) is 0. The first-order valence-electron chi connectivity index (χ1n) is 6.39. The Hall–Kier alpha value is -1.03. The summed E-state index contributed by atoms with van der Waals surface area (Å²) in [4.78, 5) is 1.27. The lowest BCUT2D eigenvalue weighted by atomic mass is 10.1. The molecule has 0 radical (unpaired) electrons. The van der Waals surface area contributed by atoms with Gasteiger partial charge in [-0.05, 0) is 49.6 Å². The summed E-state index contributed by atoms with van der Waals surface area (Å²) in [5, 5.41) is 12.7. The number of nitrogens with one attached hydrogen (secondary N) is 1. The lowest BCUT2D eigenvalue weighted by Crippen LogP contribution is -2.25. The number of phenolic OH excluding ortho intramolecular Hbond substituents is 1. The number of phenols is 1. The molecule has 2 aromatic rings. The second kappa shape index (κ2) is 6.94. The first-order chi connectivity index (χ1) is 9.13. The van der Waals surface area contributed by atoms with Gasteiger partial charge in [0, 0.05) is 17.5 Å². The molecule has 1 aromatic heterocycles. The SMILES string of the molecule is CC(CCc1ccc(O)cc1)NCc1ccc(Cl)s1. The van der Waals surface area contributed by atoms with Crippen molar-refractivity contribution >= 4 is 22.9 Å². The number of rotatable bonds is 6. The maximum atomic E-state index is 9.22. The van der Waals surface area contributed by atoms with Gasteiger partial charge in [0.05, 0.1) is 4.34 Å². The molecule has 4 heteroatoms. The zero-order valence-corrected chi connectivity index (χ0v) is 12.5. The number of thiophene rings is 1. The maximum absolute atomic E-state index is 9.22. The van der Waals surface area contributed by atoms with Crippen LogP contribution in [0, 0.1) is 0 Å². The van der Waals surface area contributed by atoms with Gasteiger partial charge in [0.25, 0.3) is 0 Å². The fourth-order valence-corrected chi connectivity index (χ4v) is 2.91. The summed E-state index contributed by atoms with van der Waals surface area (Å²) in [5.41, 5.74) is 1.26. The third-order valence-electron chi connectivity index (χ3n) is 3.06. The Morgan fingerprint density at radius 3 is 2.58 bits per heavy atom. The highest BCUT2D eigenvalue weighted by Gasteiger charge is 2.04. The molecule has 0 bridgehead atoms. The molecule has 1 aromatic carbocycles. The number of hydrogen-bond donors (Lipinski definition) is 2. The van der Waals surface area contributed by atoms with E-state index in [0.29, 0.717) is 11.8 Å². The average molecular weight is 296 g/mol. The van der Waals surface area contributed by atoms with Gasteiger partial charge in [-0.2, -0.15) is 0 Å². The van der Waals surface area contributed by atoms with Crippen molar-refractivity contribution in [2.75, 3.05) is 0 Å². The molecule has 19 heavy (non-hydrogen) atoms. The molecule has 0 spiro atoms. The van der Waals surface area contributed by atoms with E-state index in [4.69, 9.17) is 11.6 Å². The van der Waals surface area contributed by atoms with Crippen molar-refractivity contribution in [1.29, 1.82) is 0 Å². The van der Waals surface area contributed by atoms with Crippen LogP contribution in [-0.4, -0.2) is 11.1 Å². The van der Waals surface area contributed by atoms with Gasteiger partial charge in [0.2, 0.25) is 0 Å². The van der Waals surface area contributed by atoms with E-state index in [2.05, 4.69) is 18.3 Å². The highest BCUT2D eigenvalue weighted by molar-refractivity contribution is 7.16. The molecular weight excluding hydrogens is 278 g/mol. The molecule has 1 atom stereocenters. The molecule has 2 N–H and O–H groups in total. The summed E-state index contributed by atoms with van der Waals surface area (Å²) in [6, 6.07) is 11.9. The second-order valence-electron chi connectivity index (χ2n) is 4.69. The molecule has 0 aliphatic carbocycles. The molecule has 0 saturated carbocycles. The van der Waals surface area contributed by atoms with Crippen molar-refractivity contribution in [3.63, 3.8) is 0 Å². The summed E-state index contributed by atoms with van der Waals surface area (Å²) in [5.74, 6) is 0.324. The normalized spacial score (nSPS) is 12.5. The molecule has 2 rings (SSSR count). The molecule has 0 amide bonds. The molecule has 0 fully saturated rings. The van der Waals surface area contributed by atoms with Crippen molar-refractivity contribution in [3.05, 3.63) is 51.2 Å². The van der Waals surface area contributed by atoms with Crippen LogP contribution in [0.5, 0.6) is 5.75 Å². The van der Waals surface area contributed by atoms with E-state index < -0.39 is 0 Å². The van der Waals surface area contributed by atoms with Crippen molar-refractivity contribution in [2.45, 2.75) is 32.4 Å². The van der Waals surface area contributed by atoms with Gasteiger partial charge in [0.15, 0.2) is 0 Å². The zero-order chi connectivity index (χ0) is 13.7. The summed E-state index contributed by atoms with van der Waals surface area (Å²) < 4.78 is 0.841. The Morgan fingerprint density at radius 2 is 1.95 bits per heavy atom. The Balaban J connectivity index is 1.72. The smallest absolute Gasteiger partial charge is 0.115 e. The van der Waals surface area contributed by atoms with Crippen LogP contribution in [0.15, 0.2) is 36.4 Å². The van der Waals surface area contributed by atoms with Crippen LogP contribution >= 0.6 is 22.9 Å². The van der Waals surface area contributed by atoms with Crippen LogP contribution in [0.3, 0.4) is 0 Å². The zero-order valence-electron chi connectivity index (χ0n) is 10.9. The Labute approximate surface area is 123 Å². The van der Waals surface area contributed by atoms with E-state index in [-0.39, 0.29) is 0 Å². The quantitative estimate of drug-likeness (QED) is 0.836. The fraction of sp³-hybridized carbons (Fsp3) is 0.333. The number of halogens is 1. The number of aromatic hydroxyl groups is 1. The van der Waals surface area contributed by atoms with Crippen molar-refractivity contribution < 1.29 is 5.11 Å². The second-order valence-corrected chi connectivity index (χ2v) is 6.49. The lowest BCUT2D eigenvalue weighted by Gasteiger charge is -2.13. The molecule has 1 heterocycles. The van der Waals surface area contributed by atoms with Gasteiger partial charge in [0.1, 0.15) is 5.75 Å². The predicted molar refractivity (Wildman–Crippen MR) is 82.1 cm³/mol. The minimum absolute atomic E-state index is 0.324. The highest BCUT2D eigenvalue weighted by atomic mass is 35.5. The van der Waals surface area contributed by atoms with Crippen molar-refractivity contribution in [3.8, 4) is 5.75 Å². The third-order valence-corrected chi connectivity index (χ3v) is 4.29. The molecular formula is C15H18ClNOS. The van der Waals surface area contributed by atoms with Gasteiger partial charge < -0.3 is 10.4 Å². The lowest BCUT2D eigenvalue weighted by molar-refractivity contribution is 0.474. The molecule has 1 unspecified atom stereocenters. The predicted octanol–water partition coefficient (Wildman–Crippen LogP) is 4.22. The third kappa shape index (κ3) is 4.86. The van der Waals surface area contributed by atoms with Crippen LogP contribution in [0.4, 0.5) is 0 Å². The van der Waals surface area contributed by atoms with Gasteiger partial charge in [-0.3, -0.25) is 0 Å². The highest BCUT2D eigenvalue weighted by Crippen LogP contribution is 2.21. The summed E-state index contributed by atoms with van der Waals surface area (Å²) in [6.07, 6.45) is 2.09. The van der Waals surface area contributed by atoms with Crippen LogP contribution in [0.25, 0.3) is 0 Å². The Morgan fingerprint density at radius 1 is 1.21 bits per heavy atom. The topological polar surface area (TPSA) is 32.3 Å². The van der Waals surface area contributed by atoms with Crippen molar-refractivity contribution in [1.82, 2.24) is 5.32 Å². The fourth-order valence-electron chi connectivity index (χ4n) is 1.87. The first kappa shape index (κ1) is 14.4. The van der Waals surface area contributed by atoms with E-state index >= 15 is 0 Å². The maximum Gasteiger partial charge on any atom is 0.115 e. The van der Waals surface area contributed by atoms with E-state index in [1.54, 1.807) is 23.5 Å². The van der Waals surface area contributed by atoms with Crippen LogP contribution < -0.4 is 5.32 Å². The minimum atomic E-state index is 0.324. The van der Waals surface area contributed by atoms with Crippen LogP contribution in [0.2, 0.25) is 4.34 Å². The Bertz CT molecular complexity index is 509. The molecule has 0 aliphatic rings. The van der Waals surface area contributed by atoms with Gasteiger partial charge in [-0.15, -0.1) is 11.3 Å². The Kier molecular flexibility index (Phi) is 5.25. The first-order valence-corrected chi connectivity index (χ1v) is 7.58. The average Bonchev–Trinajstić information content (AvgIpc) is 2.81. The summed E-state index contributed by atoms with van der Waals surface area (Å²) in [6.45, 7) is 3.06. The molecule has 0 aliphatic heterocycles. The number of aryl methyl sites for hydroxylation is 1. The van der Waals surface area contributed by atoms with Crippen LogP contribution in [0.1, 0.15) is 23.8 Å². The number of hydrogen-bond acceptors (Lipinski definition) is 3. The summed E-state index contributed by atoms with van der Waals surface area (Å²) >= 11 is 7.52. The minimum Gasteiger partial charge on any atom is -0.508 e. The monoisotopic (exact) mass is 295 g/mol. The molecule has 102 valence electrons. The largest absolute Gasteiger partial charge is 0.508 e. The van der Waals surface area contributed by atoms with Gasteiger partial charge >= 0.3 is 0 Å². The van der Waals surface area contributed by atoms with E-state index in [9.17, 15) is 5.11 Å². The van der Waals surface area contributed by atoms with Gasteiger partial charge in [-0.25, -0.2) is 0 Å². The standard InChI is InChI=1S/C15H18ClNOS/c1-11(17-10-14-8-9-15(16)19-14)2-3-12-4-6-13(18)7-5-12/h4-9,11,17-18H,2-3,10H2,1H3. The van der Waals surface area contributed by atoms with E-state index in [1.807, 2.05) is 18.2 Å². The molecule has 0 saturated heterocycles.